The third kappa shape index (κ3) is 36.9. The van der Waals surface area contributed by atoms with Gasteiger partial charge in [0.25, 0.3) is 0 Å². The Hall–Kier alpha value is -1.01. The van der Waals surface area contributed by atoms with Gasteiger partial charge in [-0.2, -0.15) is 0 Å². The smallest absolute Gasteiger partial charge is 0.306 e. The van der Waals surface area contributed by atoms with E-state index in [0.29, 0.717) is 6.61 Å². The molecule has 0 saturated carbocycles. The van der Waals surface area contributed by atoms with Crippen LogP contribution in [0, 0.1) is 0 Å². The number of aliphatic hydroxyl groups excluding tert-OH is 7. The molecule has 2 aliphatic heterocycles. The van der Waals surface area contributed by atoms with Crippen LogP contribution in [-0.4, -0.2) is 142 Å². The molecule has 0 bridgehead atoms. The third-order valence-corrected chi connectivity index (χ3v) is 16.1. The minimum absolute atomic E-state index is 0.0713. The lowest BCUT2D eigenvalue weighted by molar-refractivity contribution is -0.332. The molecule has 0 aromatic rings. The van der Waals surface area contributed by atoms with E-state index in [1.165, 1.54) is 231 Å². The van der Waals surface area contributed by atoms with E-state index in [-0.39, 0.29) is 25.6 Å². The van der Waals surface area contributed by atoms with E-state index in [1.807, 2.05) is 0 Å². The van der Waals surface area contributed by atoms with E-state index < -0.39 is 80.7 Å². The maximum Gasteiger partial charge on any atom is 0.306 e. The quantitative estimate of drug-likeness (QED) is 0.0223. The highest BCUT2D eigenvalue weighted by Gasteiger charge is 2.47. The fourth-order valence-corrected chi connectivity index (χ4v) is 10.9. The van der Waals surface area contributed by atoms with Gasteiger partial charge in [-0.3, -0.25) is 4.79 Å². The fraction of sp³-hybridized carbons (Fsp3) is 0.984. The summed E-state index contributed by atoms with van der Waals surface area (Å²) in [5.74, 6) is -0.366. The summed E-state index contributed by atoms with van der Waals surface area (Å²) in [6.07, 6.45) is 40.3. The zero-order chi connectivity index (χ0) is 55.8. The molecule has 0 aromatic carbocycles. The molecular formula is C63H122O14. The van der Waals surface area contributed by atoms with Gasteiger partial charge in [-0.15, -0.1) is 0 Å². The Morgan fingerprint density at radius 1 is 0.377 bits per heavy atom. The Morgan fingerprint density at radius 3 is 1.05 bits per heavy atom. The molecule has 11 unspecified atom stereocenters. The Morgan fingerprint density at radius 2 is 0.688 bits per heavy atom. The largest absolute Gasteiger partial charge is 0.457 e. The summed E-state index contributed by atoms with van der Waals surface area (Å²) in [5, 5.41) is 72.5. The molecule has 0 amide bonds. The molecular weight excluding hydrogens is 981 g/mol. The lowest BCUT2D eigenvalue weighted by Crippen LogP contribution is -2.61. The average Bonchev–Trinajstić information content (AvgIpc) is 3.44. The van der Waals surface area contributed by atoms with Crippen molar-refractivity contribution in [1.29, 1.82) is 0 Å². The summed E-state index contributed by atoms with van der Waals surface area (Å²) in [6.45, 7) is 3.78. The second kappa shape index (κ2) is 50.7. The predicted molar refractivity (Wildman–Crippen MR) is 308 cm³/mol. The monoisotopic (exact) mass is 1100 g/mol. The maximum absolute atomic E-state index is 13.1. The van der Waals surface area contributed by atoms with Crippen LogP contribution in [0.2, 0.25) is 0 Å². The van der Waals surface area contributed by atoms with Gasteiger partial charge in [0.1, 0.15) is 54.9 Å². The van der Waals surface area contributed by atoms with Gasteiger partial charge in [0.05, 0.1) is 26.4 Å². The van der Waals surface area contributed by atoms with E-state index in [0.717, 1.165) is 44.9 Å². The molecule has 2 saturated heterocycles. The van der Waals surface area contributed by atoms with Crippen LogP contribution < -0.4 is 0 Å². The van der Waals surface area contributed by atoms with Gasteiger partial charge in [-0.25, -0.2) is 0 Å². The standard InChI is InChI=1S/C63H122O14/c1-3-5-7-9-11-13-15-17-19-21-23-24-25-26-27-28-29-31-33-35-37-39-41-43-45-47-72-49-52(75-55(65)46-44-42-40-38-36-34-32-30-22-20-18-16-14-12-10-8-6-4-2)50-73-62-61(71)59(69)57(67)54(77-62)51-74-63-60(70)58(68)56(66)53(48-64)76-63/h52-54,56-64,66-71H,3-51H2,1-2H3. The Kier molecular flexibility index (Phi) is 47.5. The lowest BCUT2D eigenvalue weighted by atomic mass is 9.98. The molecule has 0 aromatic heterocycles. The SMILES string of the molecule is CCCCCCCCCCCCCCCCCCCCCCCCCCCOCC(COC1OC(COC2OC(CO)C(O)C(O)C2O)C(O)C(O)C1O)OC(=O)CCCCCCCCCCCCCCCCCCCC. The first-order valence-electron chi connectivity index (χ1n) is 32.6. The van der Waals surface area contributed by atoms with Crippen LogP contribution in [0.3, 0.4) is 0 Å². The molecule has 458 valence electrons. The zero-order valence-corrected chi connectivity index (χ0v) is 49.5. The molecule has 2 aliphatic rings. The molecule has 0 aliphatic carbocycles. The van der Waals surface area contributed by atoms with Crippen LogP contribution in [0.1, 0.15) is 296 Å². The van der Waals surface area contributed by atoms with E-state index in [4.69, 9.17) is 28.4 Å². The Labute approximate surface area is 470 Å². The van der Waals surface area contributed by atoms with Crippen LogP contribution in [0.5, 0.6) is 0 Å². The number of carbonyl (C=O) groups excluding carboxylic acids is 1. The molecule has 0 radical (unpaired) electrons. The van der Waals surface area contributed by atoms with E-state index >= 15 is 0 Å². The molecule has 14 heteroatoms. The number of hydrogen-bond donors (Lipinski definition) is 7. The highest BCUT2D eigenvalue weighted by Crippen LogP contribution is 2.27. The van der Waals surface area contributed by atoms with Crippen molar-refractivity contribution < 1.29 is 69.0 Å². The zero-order valence-electron chi connectivity index (χ0n) is 49.5. The second-order valence-corrected chi connectivity index (χ2v) is 23.3. The Balaban J connectivity index is 1.64. The van der Waals surface area contributed by atoms with Crippen LogP contribution in [0.25, 0.3) is 0 Å². The molecule has 77 heavy (non-hydrogen) atoms. The molecule has 2 rings (SSSR count). The van der Waals surface area contributed by atoms with E-state index in [1.54, 1.807) is 0 Å². The van der Waals surface area contributed by atoms with Crippen molar-refractivity contribution in [2.24, 2.45) is 0 Å². The van der Waals surface area contributed by atoms with Crippen LogP contribution in [0.15, 0.2) is 0 Å². The van der Waals surface area contributed by atoms with Crippen molar-refractivity contribution in [2.75, 3.05) is 33.0 Å². The number of esters is 1. The first-order valence-corrected chi connectivity index (χ1v) is 32.6. The number of carbonyl (C=O) groups is 1. The van der Waals surface area contributed by atoms with Crippen LogP contribution in [-0.2, 0) is 33.2 Å². The predicted octanol–water partition coefficient (Wildman–Crippen LogP) is 12.8. The lowest BCUT2D eigenvalue weighted by Gasteiger charge is -2.42. The number of unbranched alkanes of at least 4 members (excludes halogenated alkanes) is 41. The average molecular weight is 1100 g/mol. The molecule has 11 atom stereocenters. The van der Waals surface area contributed by atoms with Crippen molar-refractivity contribution in [3.05, 3.63) is 0 Å². The summed E-state index contributed by atoms with van der Waals surface area (Å²) in [4.78, 5) is 13.1. The first-order chi connectivity index (χ1) is 37.6. The van der Waals surface area contributed by atoms with E-state index in [9.17, 15) is 40.5 Å². The Bertz CT molecular complexity index is 1280. The van der Waals surface area contributed by atoms with Gasteiger partial charge < -0.3 is 64.2 Å². The topological polar surface area (TPSA) is 214 Å². The number of aliphatic hydroxyl groups is 7. The third-order valence-electron chi connectivity index (χ3n) is 16.1. The summed E-state index contributed by atoms with van der Waals surface area (Å²) in [7, 11) is 0. The van der Waals surface area contributed by atoms with Crippen molar-refractivity contribution in [1.82, 2.24) is 0 Å². The molecule has 2 heterocycles. The van der Waals surface area contributed by atoms with E-state index in [2.05, 4.69) is 13.8 Å². The summed E-state index contributed by atoms with van der Waals surface area (Å²) in [6, 6.07) is 0. The van der Waals surface area contributed by atoms with Gasteiger partial charge in [-0.05, 0) is 12.8 Å². The van der Waals surface area contributed by atoms with Gasteiger partial charge >= 0.3 is 5.97 Å². The highest BCUT2D eigenvalue weighted by atomic mass is 16.7. The first kappa shape index (κ1) is 72.1. The second-order valence-electron chi connectivity index (χ2n) is 23.3. The number of rotatable bonds is 55. The fourth-order valence-electron chi connectivity index (χ4n) is 10.9. The molecule has 0 spiro atoms. The summed E-state index contributed by atoms with van der Waals surface area (Å²) >= 11 is 0. The summed E-state index contributed by atoms with van der Waals surface area (Å²) < 4.78 is 34.5. The van der Waals surface area contributed by atoms with Crippen molar-refractivity contribution >= 4 is 5.97 Å². The van der Waals surface area contributed by atoms with Crippen molar-refractivity contribution in [3.63, 3.8) is 0 Å². The normalized spacial score (nSPS) is 24.2. The molecule has 2 fully saturated rings. The highest BCUT2D eigenvalue weighted by molar-refractivity contribution is 5.69. The molecule has 7 N–H and O–H groups in total. The van der Waals surface area contributed by atoms with Gasteiger partial charge in [0.15, 0.2) is 12.6 Å². The molecule has 14 nitrogen and oxygen atoms in total. The van der Waals surface area contributed by atoms with Gasteiger partial charge in [-0.1, -0.05) is 277 Å². The van der Waals surface area contributed by atoms with Crippen molar-refractivity contribution in [2.45, 2.75) is 364 Å². The minimum Gasteiger partial charge on any atom is -0.457 e. The summed E-state index contributed by atoms with van der Waals surface area (Å²) in [5.41, 5.74) is 0. The van der Waals surface area contributed by atoms with Crippen LogP contribution >= 0.6 is 0 Å². The van der Waals surface area contributed by atoms with Crippen LogP contribution in [0.4, 0.5) is 0 Å². The number of ether oxygens (including phenoxy) is 6. The van der Waals surface area contributed by atoms with Crippen molar-refractivity contribution in [3.8, 4) is 0 Å². The van der Waals surface area contributed by atoms with Gasteiger partial charge in [0.2, 0.25) is 0 Å². The maximum atomic E-state index is 13.1. The van der Waals surface area contributed by atoms with Gasteiger partial charge in [0, 0.05) is 13.0 Å². The number of hydrogen-bond acceptors (Lipinski definition) is 14. The minimum atomic E-state index is -1.70.